The number of benzene rings is 2. The normalized spacial score (nSPS) is 18.0. The molecule has 0 N–H and O–H groups in total. The Balaban J connectivity index is 1.46. The molecular formula is C22H23NO5. The first-order valence-electron chi connectivity index (χ1n) is 9.56. The number of carbonyl (C=O) groups excluding carboxylic acids is 2. The van der Waals surface area contributed by atoms with Crippen molar-refractivity contribution in [1.29, 1.82) is 0 Å². The molecule has 0 radical (unpaired) electrons. The highest BCUT2D eigenvalue weighted by Gasteiger charge is 2.39. The van der Waals surface area contributed by atoms with Crippen LogP contribution >= 0.6 is 0 Å². The first-order valence-corrected chi connectivity index (χ1v) is 9.56. The standard InChI is InChI=1S/C22H23NO5/c1-2-11-26-13-20-21(24)28-14-23(20)22(25)27-12-19-17-9-5-3-7-15(17)16-8-4-6-10-18(16)19/h3-10,19-20H,2,11-14H2,1H3/t20-/m1/s1. The molecule has 2 aliphatic rings. The molecule has 1 atom stereocenters. The lowest BCUT2D eigenvalue weighted by Crippen LogP contribution is -2.42. The van der Waals surface area contributed by atoms with E-state index in [1.165, 1.54) is 16.0 Å². The Morgan fingerprint density at radius 2 is 1.71 bits per heavy atom. The molecular weight excluding hydrogens is 358 g/mol. The minimum Gasteiger partial charge on any atom is -0.448 e. The number of cyclic esters (lactones) is 1. The van der Waals surface area contributed by atoms with Crippen LogP contribution in [0.5, 0.6) is 0 Å². The van der Waals surface area contributed by atoms with E-state index in [4.69, 9.17) is 14.2 Å². The van der Waals surface area contributed by atoms with Crippen LogP contribution in [-0.2, 0) is 19.0 Å². The van der Waals surface area contributed by atoms with Gasteiger partial charge >= 0.3 is 12.1 Å². The summed E-state index contributed by atoms with van der Waals surface area (Å²) in [5.74, 6) is -0.477. The van der Waals surface area contributed by atoms with Crippen molar-refractivity contribution in [3.05, 3.63) is 59.7 Å². The van der Waals surface area contributed by atoms with Crippen molar-refractivity contribution < 1.29 is 23.8 Å². The van der Waals surface area contributed by atoms with Crippen LogP contribution in [0.1, 0.15) is 30.4 Å². The molecule has 1 aliphatic carbocycles. The Hall–Kier alpha value is -2.86. The molecule has 1 amide bonds. The number of nitrogens with zero attached hydrogens (tertiary/aromatic N) is 1. The van der Waals surface area contributed by atoms with Crippen LogP contribution in [0.4, 0.5) is 4.79 Å². The first-order chi connectivity index (χ1) is 13.7. The maximum Gasteiger partial charge on any atom is 0.413 e. The lowest BCUT2D eigenvalue weighted by Gasteiger charge is -2.21. The summed E-state index contributed by atoms with van der Waals surface area (Å²) in [6, 6.07) is 15.6. The van der Waals surface area contributed by atoms with E-state index in [1.54, 1.807) is 0 Å². The van der Waals surface area contributed by atoms with E-state index in [2.05, 4.69) is 24.3 Å². The number of hydrogen-bond acceptors (Lipinski definition) is 5. The van der Waals surface area contributed by atoms with Gasteiger partial charge in [-0.2, -0.15) is 0 Å². The second-order valence-electron chi connectivity index (χ2n) is 6.96. The Morgan fingerprint density at radius 1 is 1.07 bits per heavy atom. The van der Waals surface area contributed by atoms with E-state index in [0.717, 1.165) is 17.5 Å². The zero-order chi connectivity index (χ0) is 19.5. The van der Waals surface area contributed by atoms with E-state index >= 15 is 0 Å². The summed E-state index contributed by atoms with van der Waals surface area (Å²) in [4.78, 5) is 25.8. The van der Waals surface area contributed by atoms with Gasteiger partial charge in [-0.3, -0.25) is 4.90 Å². The highest BCUT2D eigenvalue weighted by Crippen LogP contribution is 2.44. The second kappa shape index (κ2) is 8.02. The zero-order valence-corrected chi connectivity index (χ0v) is 15.8. The number of ether oxygens (including phenoxy) is 3. The maximum atomic E-state index is 12.6. The number of hydrogen-bond donors (Lipinski definition) is 0. The van der Waals surface area contributed by atoms with Gasteiger partial charge in [0.15, 0.2) is 12.8 Å². The molecule has 0 unspecified atom stereocenters. The van der Waals surface area contributed by atoms with Crippen molar-refractivity contribution in [2.45, 2.75) is 25.3 Å². The van der Waals surface area contributed by atoms with Crippen molar-refractivity contribution in [3.8, 4) is 11.1 Å². The third-order valence-corrected chi connectivity index (χ3v) is 5.19. The molecule has 146 valence electrons. The van der Waals surface area contributed by atoms with Gasteiger partial charge in [0.25, 0.3) is 0 Å². The molecule has 0 bridgehead atoms. The smallest absolute Gasteiger partial charge is 0.413 e. The van der Waals surface area contributed by atoms with Crippen molar-refractivity contribution >= 4 is 12.1 Å². The molecule has 0 spiro atoms. The topological polar surface area (TPSA) is 65.1 Å². The first kappa shape index (κ1) is 18.5. The molecule has 6 heteroatoms. The molecule has 1 saturated heterocycles. The van der Waals surface area contributed by atoms with Gasteiger partial charge in [-0.25, -0.2) is 9.59 Å². The largest absolute Gasteiger partial charge is 0.448 e. The molecule has 1 fully saturated rings. The Kier molecular flexibility index (Phi) is 5.30. The van der Waals surface area contributed by atoms with Gasteiger partial charge in [0.2, 0.25) is 0 Å². The molecule has 2 aromatic rings. The average Bonchev–Trinajstić information content (AvgIpc) is 3.25. The molecule has 6 nitrogen and oxygen atoms in total. The van der Waals surface area contributed by atoms with E-state index < -0.39 is 18.1 Å². The van der Waals surface area contributed by atoms with Crippen LogP contribution in [0.25, 0.3) is 11.1 Å². The summed E-state index contributed by atoms with van der Waals surface area (Å²) < 4.78 is 16.1. The van der Waals surface area contributed by atoms with Crippen LogP contribution in [0.15, 0.2) is 48.5 Å². The predicted octanol–water partition coefficient (Wildman–Crippen LogP) is 3.55. The van der Waals surface area contributed by atoms with Gasteiger partial charge in [0.05, 0.1) is 6.61 Å². The molecule has 1 heterocycles. The second-order valence-corrected chi connectivity index (χ2v) is 6.96. The van der Waals surface area contributed by atoms with Crippen LogP contribution in [0.2, 0.25) is 0 Å². The van der Waals surface area contributed by atoms with E-state index in [0.29, 0.717) is 6.61 Å². The minimum absolute atomic E-state index is 0.0228. The monoisotopic (exact) mass is 381 g/mol. The summed E-state index contributed by atoms with van der Waals surface area (Å²) in [6.07, 6.45) is 0.282. The minimum atomic E-state index is -0.748. The summed E-state index contributed by atoms with van der Waals surface area (Å²) >= 11 is 0. The fourth-order valence-electron chi connectivity index (χ4n) is 3.80. The predicted molar refractivity (Wildman–Crippen MR) is 103 cm³/mol. The maximum absolute atomic E-state index is 12.6. The number of rotatable bonds is 6. The van der Waals surface area contributed by atoms with Crippen molar-refractivity contribution in [2.24, 2.45) is 0 Å². The summed E-state index contributed by atoms with van der Waals surface area (Å²) in [5.41, 5.74) is 4.63. The summed E-state index contributed by atoms with van der Waals surface area (Å²) in [5, 5.41) is 0. The molecule has 0 saturated carbocycles. The molecule has 28 heavy (non-hydrogen) atoms. The van der Waals surface area contributed by atoms with E-state index in [9.17, 15) is 9.59 Å². The van der Waals surface area contributed by atoms with Crippen molar-refractivity contribution in [2.75, 3.05) is 26.6 Å². The van der Waals surface area contributed by atoms with Gasteiger partial charge in [0, 0.05) is 12.5 Å². The number of carbonyl (C=O) groups is 2. The van der Waals surface area contributed by atoms with Gasteiger partial charge in [0.1, 0.15) is 6.61 Å². The zero-order valence-electron chi connectivity index (χ0n) is 15.8. The van der Waals surface area contributed by atoms with Gasteiger partial charge < -0.3 is 14.2 Å². The van der Waals surface area contributed by atoms with Crippen LogP contribution in [-0.4, -0.2) is 49.6 Å². The summed E-state index contributed by atoms with van der Waals surface area (Å²) in [7, 11) is 0. The number of amides is 1. The van der Waals surface area contributed by atoms with Crippen LogP contribution in [0.3, 0.4) is 0 Å². The Labute approximate surface area is 164 Å². The highest BCUT2D eigenvalue weighted by atomic mass is 16.6. The van der Waals surface area contributed by atoms with Gasteiger partial charge in [-0.15, -0.1) is 0 Å². The van der Waals surface area contributed by atoms with E-state index in [1.807, 2.05) is 31.2 Å². The van der Waals surface area contributed by atoms with Gasteiger partial charge in [-0.1, -0.05) is 55.5 Å². The third-order valence-electron chi connectivity index (χ3n) is 5.19. The highest BCUT2D eigenvalue weighted by molar-refractivity contribution is 5.84. The SMILES string of the molecule is CCCOC[C@@H]1C(=O)OCN1C(=O)OCC1c2ccccc2-c2ccccc21. The van der Waals surface area contributed by atoms with Crippen LogP contribution < -0.4 is 0 Å². The van der Waals surface area contributed by atoms with Crippen molar-refractivity contribution in [3.63, 3.8) is 0 Å². The fraction of sp³-hybridized carbons (Fsp3) is 0.364. The lowest BCUT2D eigenvalue weighted by atomic mass is 9.98. The lowest BCUT2D eigenvalue weighted by molar-refractivity contribution is -0.140. The fourth-order valence-corrected chi connectivity index (χ4v) is 3.80. The number of fused-ring (bicyclic) bond motifs is 3. The Bertz CT molecular complexity index is 835. The molecule has 2 aromatic carbocycles. The quantitative estimate of drug-likeness (QED) is 0.566. The summed E-state index contributed by atoms with van der Waals surface area (Å²) in [6.45, 7) is 2.74. The third kappa shape index (κ3) is 3.36. The van der Waals surface area contributed by atoms with Gasteiger partial charge in [-0.05, 0) is 28.7 Å². The van der Waals surface area contributed by atoms with Crippen molar-refractivity contribution in [1.82, 2.24) is 4.90 Å². The average molecular weight is 381 g/mol. The number of esters is 1. The molecule has 4 rings (SSSR count). The van der Waals surface area contributed by atoms with E-state index in [-0.39, 0.29) is 25.9 Å². The van der Waals surface area contributed by atoms with Crippen LogP contribution in [0, 0.1) is 0 Å². The molecule has 1 aliphatic heterocycles. The molecule has 0 aromatic heterocycles. The Morgan fingerprint density at radius 3 is 2.36 bits per heavy atom.